The second-order valence-corrected chi connectivity index (χ2v) is 7.86. The quantitative estimate of drug-likeness (QED) is 0.302. The largest absolute Gasteiger partial charge is 0.573 e. The van der Waals surface area contributed by atoms with Crippen LogP contribution in [0.2, 0.25) is 0 Å². The Kier molecular flexibility index (Phi) is 6.38. The number of benzene rings is 3. The van der Waals surface area contributed by atoms with Crippen LogP contribution in [-0.4, -0.2) is 32.0 Å². The highest BCUT2D eigenvalue weighted by Gasteiger charge is 2.31. The number of hydrogen-bond acceptors (Lipinski definition) is 5. The average molecular weight is 501 g/mol. The first kappa shape index (κ1) is 23.7. The van der Waals surface area contributed by atoms with Gasteiger partial charge in [-0.1, -0.05) is 36.4 Å². The fraction of sp³-hybridized carbons (Fsp3) is 0.0370. The molecule has 1 amide bonds. The van der Waals surface area contributed by atoms with E-state index in [2.05, 4.69) is 25.1 Å². The highest BCUT2D eigenvalue weighted by atomic mass is 19.4. The van der Waals surface area contributed by atoms with Crippen LogP contribution in [0, 0.1) is 0 Å². The molecule has 0 saturated heterocycles. The van der Waals surface area contributed by atoms with E-state index in [-0.39, 0.29) is 17.4 Å². The lowest BCUT2D eigenvalue weighted by Crippen LogP contribution is -2.17. The summed E-state index contributed by atoms with van der Waals surface area (Å²) < 4.78 is 42.4. The second kappa shape index (κ2) is 9.94. The molecule has 7 nitrogen and oxygen atoms in total. The van der Waals surface area contributed by atoms with Crippen LogP contribution >= 0.6 is 0 Å². The summed E-state index contributed by atoms with van der Waals surface area (Å²) in [4.78, 5) is 21.5. The van der Waals surface area contributed by atoms with E-state index in [1.807, 2.05) is 36.4 Å². The Morgan fingerprint density at radius 3 is 2.24 bits per heavy atom. The van der Waals surface area contributed by atoms with Crippen LogP contribution < -0.4 is 10.1 Å². The van der Waals surface area contributed by atoms with Gasteiger partial charge in [-0.05, 0) is 60.7 Å². The summed E-state index contributed by atoms with van der Waals surface area (Å²) in [5.41, 5.74) is 3.69. The highest BCUT2D eigenvalue weighted by molar-refractivity contribution is 6.03. The van der Waals surface area contributed by atoms with Crippen molar-refractivity contribution in [2.24, 2.45) is 0 Å². The van der Waals surface area contributed by atoms with E-state index in [1.54, 1.807) is 36.4 Å². The van der Waals surface area contributed by atoms with Gasteiger partial charge < -0.3 is 10.1 Å². The topological polar surface area (TPSA) is 81.9 Å². The van der Waals surface area contributed by atoms with E-state index in [0.29, 0.717) is 28.5 Å². The first-order valence-electron chi connectivity index (χ1n) is 11.1. The van der Waals surface area contributed by atoms with E-state index in [1.165, 1.54) is 35.3 Å². The maximum Gasteiger partial charge on any atom is 0.573 e. The van der Waals surface area contributed by atoms with Crippen LogP contribution in [0.3, 0.4) is 0 Å². The van der Waals surface area contributed by atoms with Gasteiger partial charge in [-0.2, -0.15) is 0 Å². The highest BCUT2D eigenvalue weighted by Crippen LogP contribution is 2.24. The molecule has 5 aromatic rings. The second-order valence-electron chi connectivity index (χ2n) is 7.86. The number of nitrogens with zero attached hydrogens (tertiary/aromatic N) is 4. The van der Waals surface area contributed by atoms with Crippen LogP contribution in [0.5, 0.6) is 5.75 Å². The molecule has 0 unspecified atom stereocenters. The van der Waals surface area contributed by atoms with Gasteiger partial charge in [-0.3, -0.25) is 4.79 Å². The molecule has 0 aliphatic carbocycles. The molecular weight excluding hydrogens is 483 g/mol. The van der Waals surface area contributed by atoms with Gasteiger partial charge in [0.15, 0.2) is 5.82 Å². The van der Waals surface area contributed by atoms with Crippen LogP contribution in [0.4, 0.5) is 18.9 Å². The minimum absolute atomic E-state index is 0.289. The lowest BCUT2D eigenvalue weighted by molar-refractivity contribution is -0.274. The zero-order valence-corrected chi connectivity index (χ0v) is 19.1. The molecule has 0 radical (unpaired) electrons. The van der Waals surface area contributed by atoms with Crippen LogP contribution in [0.1, 0.15) is 10.5 Å². The van der Waals surface area contributed by atoms with Crippen molar-refractivity contribution < 1.29 is 22.7 Å². The molecule has 3 aromatic carbocycles. The third-order valence-electron chi connectivity index (χ3n) is 5.28. The number of aromatic nitrogens is 4. The molecule has 0 saturated carbocycles. The number of hydrogen-bond donors (Lipinski definition) is 1. The molecular formula is C27H18F3N5O2. The Morgan fingerprint density at radius 1 is 0.811 bits per heavy atom. The number of rotatable bonds is 6. The molecule has 0 aliphatic heterocycles. The van der Waals surface area contributed by atoms with Gasteiger partial charge in [0, 0.05) is 16.8 Å². The summed E-state index contributed by atoms with van der Waals surface area (Å²) in [6.07, 6.45) is -3.30. The Morgan fingerprint density at radius 2 is 1.54 bits per heavy atom. The number of amides is 1. The third kappa shape index (κ3) is 5.81. The molecule has 2 heterocycles. The predicted molar refractivity (Wildman–Crippen MR) is 131 cm³/mol. The van der Waals surface area contributed by atoms with Crippen molar-refractivity contribution in [1.29, 1.82) is 0 Å². The molecule has 37 heavy (non-hydrogen) atoms. The summed E-state index contributed by atoms with van der Waals surface area (Å²) in [7, 11) is 0. The zero-order chi connectivity index (χ0) is 25.8. The number of pyridine rings is 1. The summed E-state index contributed by atoms with van der Waals surface area (Å²) in [6, 6.07) is 27.1. The molecule has 1 N–H and O–H groups in total. The van der Waals surface area contributed by atoms with E-state index >= 15 is 0 Å². The van der Waals surface area contributed by atoms with E-state index in [0.717, 1.165) is 5.56 Å². The summed E-state index contributed by atoms with van der Waals surface area (Å²) in [6.45, 7) is 0. The van der Waals surface area contributed by atoms with E-state index in [4.69, 9.17) is 0 Å². The van der Waals surface area contributed by atoms with Gasteiger partial charge in [0.05, 0.1) is 11.4 Å². The maximum atomic E-state index is 12.7. The maximum absolute atomic E-state index is 12.7. The van der Waals surface area contributed by atoms with E-state index in [9.17, 15) is 18.0 Å². The SMILES string of the molecule is O=C(Nc1ccc(-c2ncn(-c3ccc(OC(F)(F)F)cc3)n2)cc1)c1cccc(-c2ccccc2)n1. The molecule has 184 valence electrons. The molecule has 5 rings (SSSR count). The van der Waals surface area contributed by atoms with Crippen molar-refractivity contribution in [3.8, 4) is 34.1 Å². The van der Waals surface area contributed by atoms with Crippen molar-refractivity contribution in [1.82, 2.24) is 19.7 Å². The first-order valence-corrected chi connectivity index (χ1v) is 11.1. The normalized spacial score (nSPS) is 11.2. The molecule has 0 spiro atoms. The monoisotopic (exact) mass is 501 g/mol. The summed E-state index contributed by atoms with van der Waals surface area (Å²) in [5, 5.41) is 7.21. The van der Waals surface area contributed by atoms with Gasteiger partial charge in [0.1, 0.15) is 17.8 Å². The number of carbonyl (C=O) groups excluding carboxylic acids is 1. The molecule has 0 aliphatic rings. The van der Waals surface area contributed by atoms with Crippen molar-refractivity contribution >= 4 is 11.6 Å². The summed E-state index contributed by atoms with van der Waals surface area (Å²) >= 11 is 0. The van der Waals surface area contributed by atoms with Gasteiger partial charge in [-0.25, -0.2) is 14.6 Å². The van der Waals surface area contributed by atoms with Gasteiger partial charge in [-0.15, -0.1) is 18.3 Å². The number of ether oxygens (including phenoxy) is 1. The molecule has 0 bridgehead atoms. The fourth-order valence-electron chi connectivity index (χ4n) is 3.55. The predicted octanol–water partition coefficient (Wildman–Crippen LogP) is 6.15. The van der Waals surface area contributed by atoms with Crippen molar-refractivity contribution in [2.75, 3.05) is 5.32 Å². The standard InChI is InChI=1S/C27H18F3N5O2/c28-27(29,30)37-22-15-13-21(14-16-22)35-17-31-25(34-35)19-9-11-20(12-10-19)32-26(36)24-8-4-7-23(33-24)18-5-2-1-3-6-18/h1-17H,(H,32,36). The number of alkyl halides is 3. The average Bonchev–Trinajstić information content (AvgIpc) is 3.40. The van der Waals surface area contributed by atoms with E-state index < -0.39 is 6.36 Å². The number of carbonyl (C=O) groups is 1. The Balaban J connectivity index is 1.26. The fourth-order valence-corrected chi connectivity index (χ4v) is 3.55. The number of anilines is 1. The van der Waals surface area contributed by atoms with Crippen molar-refractivity contribution in [3.63, 3.8) is 0 Å². The molecule has 0 atom stereocenters. The molecule has 2 aromatic heterocycles. The summed E-state index contributed by atoms with van der Waals surface area (Å²) in [5.74, 6) is -0.257. The zero-order valence-electron chi connectivity index (χ0n) is 19.1. The van der Waals surface area contributed by atoms with Crippen LogP contribution in [0.25, 0.3) is 28.3 Å². The number of nitrogens with one attached hydrogen (secondary N) is 1. The lowest BCUT2D eigenvalue weighted by atomic mass is 10.1. The minimum Gasteiger partial charge on any atom is -0.406 e. The molecule has 0 fully saturated rings. The number of halogens is 3. The van der Waals surface area contributed by atoms with Crippen LogP contribution in [0.15, 0.2) is 103 Å². The van der Waals surface area contributed by atoms with Gasteiger partial charge in [0.2, 0.25) is 0 Å². The lowest BCUT2D eigenvalue weighted by Gasteiger charge is -2.09. The molecule has 10 heteroatoms. The smallest absolute Gasteiger partial charge is 0.406 e. The van der Waals surface area contributed by atoms with Crippen molar-refractivity contribution in [2.45, 2.75) is 6.36 Å². The Hall–Kier alpha value is -4.99. The third-order valence-corrected chi connectivity index (χ3v) is 5.28. The first-order chi connectivity index (χ1) is 17.8. The Bertz CT molecular complexity index is 1520. The van der Waals surface area contributed by atoms with Gasteiger partial charge >= 0.3 is 6.36 Å². The Labute approximate surface area is 209 Å². The van der Waals surface area contributed by atoms with Gasteiger partial charge in [0.25, 0.3) is 5.91 Å². The van der Waals surface area contributed by atoms with Crippen LogP contribution in [-0.2, 0) is 0 Å². The minimum atomic E-state index is -4.75. The van der Waals surface area contributed by atoms with Crippen molar-refractivity contribution in [3.05, 3.63) is 109 Å².